The Kier molecular flexibility index (Phi) is 6.25. The molecule has 0 aromatic heterocycles. The summed E-state index contributed by atoms with van der Waals surface area (Å²) in [6.07, 6.45) is 5.18. The highest BCUT2D eigenvalue weighted by molar-refractivity contribution is 5.20. The molecule has 0 aliphatic carbocycles. The van der Waals surface area contributed by atoms with E-state index in [-0.39, 0.29) is 0 Å². The Morgan fingerprint density at radius 3 is 2.43 bits per heavy atom. The van der Waals surface area contributed by atoms with Gasteiger partial charge in [-0.25, -0.2) is 0 Å². The number of hydrogen-bond acceptors (Lipinski definition) is 2. The largest absolute Gasteiger partial charge is 0.315 e. The van der Waals surface area contributed by atoms with Crippen LogP contribution >= 0.6 is 0 Å². The molecule has 1 N–H and O–H groups in total. The molecule has 1 aliphatic heterocycles. The molecular weight excluding hydrogens is 256 g/mol. The minimum Gasteiger partial charge on any atom is -0.315 e. The van der Waals surface area contributed by atoms with Crippen molar-refractivity contribution in [2.24, 2.45) is 5.41 Å². The molecule has 1 fully saturated rings. The normalized spacial score (nSPS) is 19.8. The first-order chi connectivity index (χ1) is 10.2. The summed E-state index contributed by atoms with van der Waals surface area (Å²) in [5.41, 5.74) is 2.02. The third kappa shape index (κ3) is 4.08. The van der Waals surface area contributed by atoms with Gasteiger partial charge in [-0.2, -0.15) is 0 Å². The molecule has 2 rings (SSSR count). The van der Waals surface area contributed by atoms with E-state index in [1.165, 1.54) is 44.3 Å². The molecule has 1 aliphatic rings. The highest BCUT2D eigenvalue weighted by Gasteiger charge is 2.37. The van der Waals surface area contributed by atoms with Gasteiger partial charge in [-0.1, -0.05) is 51.1 Å². The molecule has 118 valence electrons. The second-order valence-electron chi connectivity index (χ2n) is 6.56. The van der Waals surface area contributed by atoms with Crippen molar-refractivity contribution in [3.63, 3.8) is 0 Å². The Hall–Kier alpha value is -0.860. The van der Waals surface area contributed by atoms with E-state index < -0.39 is 0 Å². The lowest BCUT2D eigenvalue weighted by Gasteiger charge is -2.32. The van der Waals surface area contributed by atoms with Gasteiger partial charge in [0, 0.05) is 19.1 Å². The number of likely N-dealkylation sites (tertiary alicyclic amines) is 1. The molecule has 2 nitrogen and oxygen atoms in total. The Balaban J connectivity index is 2.09. The summed E-state index contributed by atoms with van der Waals surface area (Å²) in [6, 6.07) is 11.6. The SMILES string of the molecule is CCCNCC(c1ccccc1)N1CCC(CC)(CC)C1. The van der Waals surface area contributed by atoms with E-state index in [4.69, 9.17) is 0 Å². The Bertz CT molecular complexity index is 397. The molecule has 1 atom stereocenters. The van der Waals surface area contributed by atoms with Gasteiger partial charge in [0.25, 0.3) is 0 Å². The van der Waals surface area contributed by atoms with E-state index in [0.29, 0.717) is 11.5 Å². The van der Waals surface area contributed by atoms with Crippen LogP contribution in [0.5, 0.6) is 0 Å². The summed E-state index contributed by atoms with van der Waals surface area (Å²) in [4.78, 5) is 2.71. The van der Waals surface area contributed by atoms with Gasteiger partial charge >= 0.3 is 0 Å². The van der Waals surface area contributed by atoms with Crippen molar-refractivity contribution in [1.29, 1.82) is 0 Å². The molecule has 21 heavy (non-hydrogen) atoms. The highest BCUT2D eigenvalue weighted by Crippen LogP contribution is 2.40. The van der Waals surface area contributed by atoms with E-state index in [9.17, 15) is 0 Å². The zero-order chi connectivity index (χ0) is 15.1. The first kappa shape index (κ1) is 16.5. The summed E-state index contributed by atoms with van der Waals surface area (Å²) in [5.74, 6) is 0. The predicted molar refractivity (Wildman–Crippen MR) is 91.5 cm³/mol. The number of nitrogens with zero attached hydrogens (tertiary/aromatic N) is 1. The fourth-order valence-corrected chi connectivity index (χ4v) is 3.61. The smallest absolute Gasteiger partial charge is 0.0472 e. The maximum atomic E-state index is 3.63. The van der Waals surface area contributed by atoms with Crippen molar-refractivity contribution in [3.8, 4) is 0 Å². The number of benzene rings is 1. The van der Waals surface area contributed by atoms with Crippen LogP contribution in [0.3, 0.4) is 0 Å². The molecule has 1 aromatic carbocycles. The lowest BCUT2D eigenvalue weighted by Crippen LogP contribution is -2.36. The highest BCUT2D eigenvalue weighted by atomic mass is 15.2. The molecule has 1 unspecified atom stereocenters. The molecule has 2 heteroatoms. The summed E-state index contributed by atoms with van der Waals surface area (Å²) >= 11 is 0. The zero-order valence-corrected chi connectivity index (χ0v) is 14.1. The molecule has 0 amide bonds. The second kappa shape index (κ2) is 7.95. The fourth-order valence-electron chi connectivity index (χ4n) is 3.61. The third-order valence-corrected chi connectivity index (χ3v) is 5.36. The molecule has 0 bridgehead atoms. The zero-order valence-electron chi connectivity index (χ0n) is 14.1. The maximum Gasteiger partial charge on any atom is 0.0472 e. The minimum atomic E-state index is 0.526. The van der Waals surface area contributed by atoms with Gasteiger partial charge in [0.2, 0.25) is 0 Å². The van der Waals surface area contributed by atoms with Gasteiger partial charge in [0.15, 0.2) is 0 Å². The predicted octanol–water partition coefficient (Wildman–Crippen LogP) is 4.24. The summed E-state index contributed by atoms with van der Waals surface area (Å²) in [7, 11) is 0. The van der Waals surface area contributed by atoms with Crippen LogP contribution in [0.4, 0.5) is 0 Å². The Morgan fingerprint density at radius 1 is 1.14 bits per heavy atom. The van der Waals surface area contributed by atoms with Crippen LogP contribution in [0, 0.1) is 5.41 Å². The van der Waals surface area contributed by atoms with E-state index in [1.54, 1.807) is 0 Å². The van der Waals surface area contributed by atoms with E-state index in [2.05, 4.69) is 61.3 Å². The monoisotopic (exact) mass is 288 g/mol. The first-order valence-electron chi connectivity index (χ1n) is 8.74. The van der Waals surface area contributed by atoms with Crippen molar-refractivity contribution in [3.05, 3.63) is 35.9 Å². The maximum absolute atomic E-state index is 3.63. The number of hydrogen-bond donors (Lipinski definition) is 1. The molecule has 1 aromatic rings. The van der Waals surface area contributed by atoms with Crippen LogP contribution in [0.1, 0.15) is 58.1 Å². The lowest BCUT2D eigenvalue weighted by molar-refractivity contribution is 0.191. The van der Waals surface area contributed by atoms with E-state index in [0.717, 1.165) is 13.1 Å². The number of nitrogens with one attached hydrogen (secondary N) is 1. The fraction of sp³-hybridized carbons (Fsp3) is 0.684. The van der Waals surface area contributed by atoms with E-state index in [1.807, 2.05) is 0 Å². The van der Waals surface area contributed by atoms with Gasteiger partial charge in [-0.3, -0.25) is 4.90 Å². The number of rotatable bonds is 8. The van der Waals surface area contributed by atoms with Gasteiger partial charge < -0.3 is 5.32 Å². The summed E-state index contributed by atoms with van der Waals surface area (Å²) < 4.78 is 0. The summed E-state index contributed by atoms with van der Waals surface area (Å²) in [6.45, 7) is 11.6. The van der Waals surface area contributed by atoms with Crippen molar-refractivity contribution in [2.45, 2.75) is 52.5 Å². The van der Waals surface area contributed by atoms with Gasteiger partial charge in [0.1, 0.15) is 0 Å². The van der Waals surface area contributed by atoms with Crippen molar-refractivity contribution in [2.75, 3.05) is 26.2 Å². The van der Waals surface area contributed by atoms with Crippen LogP contribution in [-0.4, -0.2) is 31.1 Å². The quantitative estimate of drug-likeness (QED) is 0.720. The van der Waals surface area contributed by atoms with Gasteiger partial charge in [-0.15, -0.1) is 0 Å². The van der Waals surface area contributed by atoms with Crippen LogP contribution in [-0.2, 0) is 0 Å². The average molecular weight is 288 g/mol. The molecular formula is C19H32N2. The van der Waals surface area contributed by atoms with Crippen LogP contribution < -0.4 is 5.32 Å². The van der Waals surface area contributed by atoms with Crippen LogP contribution in [0.25, 0.3) is 0 Å². The second-order valence-corrected chi connectivity index (χ2v) is 6.56. The van der Waals surface area contributed by atoms with Crippen LogP contribution in [0.2, 0.25) is 0 Å². The van der Waals surface area contributed by atoms with Crippen molar-refractivity contribution < 1.29 is 0 Å². The van der Waals surface area contributed by atoms with Crippen molar-refractivity contribution in [1.82, 2.24) is 10.2 Å². The first-order valence-corrected chi connectivity index (χ1v) is 8.74. The standard InChI is InChI=1S/C19H32N2/c1-4-13-20-15-18(17-10-8-7-9-11-17)21-14-12-19(5-2,6-3)16-21/h7-11,18,20H,4-6,12-16H2,1-3H3. The lowest BCUT2D eigenvalue weighted by atomic mass is 9.82. The molecule has 0 spiro atoms. The van der Waals surface area contributed by atoms with Gasteiger partial charge in [-0.05, 0) is 49.8 Å². The van der Waals surface area contributed by atoms with Gasteiger partial charge in [0.05, 0.1) is 0 Å². The van der Waals surface area contributed by atoms with E-state index >= 15 is 0 Å². The third-order valence-electron chi connectivity index (χ3n) is 5.36. The Labute approximate surface area is 130 Å². The topological polar surface area (TPSA) is 15.3 Å². The van der Waals surface area contributed by atoms with Crippen molar-refractivity contribution >= 4 is 0 Å². The minimum absolute atomic E-state index is 0.526. The van der Waals surface area contributed by atoms with Crippen LogP contribution in [0.15, 0.2) is 30.3 Å². The molecule has 1 heterocycles. The Morgan fingerprint density at radius 2 is 1.86 bits per heavy atom. The summed E-state index contributed by atoms with van der Waals surface area (Å²) in [5, 5.41) is 3.63. The average Bonchev–Trinajstić information content (AvgIpc) is 2.97. The molecule has 0 saturated carbocycles. The molecule has 0 radical (unpaired) electrons. The molecule has 1 saturated heterocycles.